The first-order valence-corrected chi connectivity index (χ1v) is 10.2. The molecule has 1 aliphatic rings. The minimum atomic E-state index is -0.710. The molecule has 0 aliphatic heterocycles. The Hall–Kier alpha value is -2.07. The van der Waals surface area contributed by atoms with Gasteiger partial charge in [0.2, 0.25) is 16.9 Å². The van der Waals surface area contributed by atoms with Gasteiger partial charge in [0.1, 0.15) is 11.6 Å². The molecule has 3 rings (SSSR count). The van der Waals surface area contributed by atoms with Crippen LogP contribution >= 0.6 is 23.1 Å². The summed E-state index contributed by atoms with van der Waals surface area (Å²) in [5, 5.41) is 10.4. The van der Waals surface area contributed by atoms with Crippen molar-refractivity contribution in [3.8, 4) is 0 Å². The van der Waals surface area contributed by atoms with Crippen molar-refractivity contribution < 1.29 is 18.4 Å². The lowest BCUT2D eigenvalue weighted by molar-refractivity contribution is -0.118. The van der Waals surface area contributed by atoms with Crippen molar-refractivity contribution >= 4 is 45.7 Å². The topological polar surface area (TPSA) is 75.2 Å². The van der Waals surface area contributed by atoms with Gasteiger partial charge < -0.3 is 5.32 Å². The van der Waals surface area contributed by atoms with Crippen molar-refractivity contribution in [2.24, 2.45) is 0 Å². The Morgan fingerprint density at radius 1 is 1.37 bits per heavy atom. The molecule has 6 nitrogen and oxygen atoms in total. The molecule has 2 amide bonds. The first-order valence-electron chi connectivity index (χ1n) is 8.47. The van der Waals surface area contributed by atoms with E-state index in [9.17, 15) is 18.4 Å². The minimum Gasteiger partial charge on any atom is -0.323 e. The van der Waals surface area contributed by atoms with E-state index in [2.05, 4.69) is 15.5 Å². The molecule has 0 bridgehead atoms. The van der Waals surface area contributed by atoms with E-state index in [1.807, 2.05) is 0 Å². The summed E-state index contributed by atoms with van der Waals surface area (Å²) < 4.78 is 27.4. The molecule has 10 heteroatoms. The van der Waals surface area contributed by atoms with Gasteiger partial charge in [-0.1, -0.05) is 30.0 Å². The second kappa shape index (κ2) is 8.30. The van der Waals surface area contributed by atoms with E-state index < -0.39 is 22.8 Å². The Morgan fingerprint density at radius 3 is 2.78 bits per heavy atom. The first-order chi connectivity index (χ1) is 12.9. The number of amides is 2. The molecule has 1 aromatic heterocycles. The summed E-state index contributed by atoms with van der Waals surface area (Å²) in [4.78, 5) is 26.1. The molecule has 0 spiro atoms. The van der Waals surface area contributed by atoms with Crippen molar-refractivity contribution in [2.45, 2.75) is 48.7 Å². The van der Waals surface area contributed by atoms with Crippen LogP contribution in [0.25, 0.3) is 0 Å². The lowest BCUT2D eigenvalue weighted by atomic mass is 10.3. The molecule has 27 heavy (non-hydrogen) atoms. The van der Waals surface area contributed by atoms with Gasteiger partial charge in [-0.3, -0.25) is 14.5 Å². The smallest absolute Gasteiger partial charge is 0.237 e. The molecule has 1 fully saturated rings. The fourth-order valence-electron chi connectivity index (χ4n) is 2.35. The Morgan fingerprint density at radius 2 is 2.11 bits per heavy atom. The maximum Gasteiger partial charge on any atom is 0.237 e. The summed E-state index contributed by atoms with van der Waals surface area (Å²) in [6.07, 6.45) is 2.29. The van der Waals surface area contributed by atoms with Crippen LogP contribution in [0.2, 0.25) is 0 Å². The van der Waals surface area contributed by atoms with Crippen LogP contribution in [0.1, 0.15) is 33.1 Å². The standard InChI is InChI=1S/C17H18F2N4O2S2/c1-3-14(24)23(11-5-6-11)16-21-22-17(27-16)26-9(2)15(25)20-13-8-10(18)4-7-12(13)19/h4,7-9,11H,3,5-6H2,1-2H3,(H,20,25). The van der Waals surface area contributed by atoms with Gasteiger partial charge in [-0.2, -0.15) is 0 Å². The number of aromatic nitrogens is 2. The number of nitrogens with zero attached hydrogens (tertiary/aromatic N) is 3. The Kier molecular flexibility index (Phi) is 6.05. The van der Waals surface area contributed by atoms with Crippen LogP contribution < -0.4 is 10.2 Å². The molecule has 1 aliphatic carbocycles. The summed E-state index contributed by atoms with van der Waals surface area (Å²) in [6, 6.07) is 3.05. The number of carbonyl (C=O) groups is 2. The quantitative estimate of drug-likeness (QED) is 0.552. The average molecular weight is 412 g/mol. The van der Waals surface area contributed by atoms with Crippen LogP contribution in [0.5, 0.6) is 0 Å². The van der Waals surface area contributed by atoms with Gasteiger partial charge >= 0.3 is 0 Å². The van der Waals surface area contributed by atoms with Crippen molar-refractivity contribution in [3.63, 3.8) is 0 Å². The third-order valence-corrected chi connectivity index (χ3v) is 6.02. The molecule has 1 saturated carbocycles. The average Bonchev–Trinajstić information content (AvgIpc) is 3.37. The zero-order valence-electron chi connectivity index (χ0n) is 14.7. The molecule has 1 N–H and O–H groups in total. The summed E-state index contributed by atoms with van der Waals surface area (Å²) in [7, 11) is 0. The van der Waals surface area contributed by atoms with Crippen LogP contribution in [-0.4, -0.2) is 33.3 Å². The van der Waals surface area contributed by atoms with Crippen molar-refractivity contribution in [1.29, 1.82) is 0 Å². The van der Waals surface area contributed by atoms with Gasteiger partial charge in [-0.25, -0.2) is 8.78 Å². The van der Waals surface area contributed by atoms with E-state index in [0.29, 0.717) is 15.9 Å². The number of nitrogens with one attached hydrogen (secondary N) is 1. The zero-order valence-corrected chi connectivity index (χ0v) is 16.4. The summed E-state index contributed by atoms with van der Waals surface area (Å²) in [5.74, 6) is -1.83. The fraction of sp³-hybridized carbons (Fsp3) is 0.412. The summed E-state index contributed by atoms with van der Waals surface area (Å²) in [6.45, 7) is 3.43. The molecule has 1 aromatic carbocycles. The maximum atomic E-state index is 13.7. The SMILES string of the molecule is CCC(=O)N(c1nnc(SC(C)C(=O)Nc2cc(F)ccc2F)s1)C1CC1. The minimum absolute atomic E-state index is 0.00225. The number of thioether (sulfide) groups is 1. The highest BCUT2D eigenvalue weighted by Gasteiger charge is 2.35. The number of halogens is 2. The largest absolute Gasteiger partial charge is 0.323 e. The number of anilines is 2. The molecule has 1 atom stereocenters. The van der Waals surface area contributed by atoms with Crippen LogP contribution in [-0.2, 0) is 9.59 Å². The van der Waals surface area contributed by atoms with Gasteiger partial charge in [0.15, 0.2) is 4.34 Å². The molecule has 1 unspecified atom stereocenters. The predicted molar refractivity (Wildman–Crippen MR) is 101 cm³/mol. The molecule has 1 heterocycles. The Balaban J connectivity index is 1.65. The lowest BCUT2D eigenvalue weighted by Crippen LogP contribution is -2.32. The zero-order chi connectivity index (χ0) is 19.6. The highest BCUT2D eigenvalue weighted by atomic mass is 32.2. The number of hydrogen-bond acceptors (Lipinski definition) is 6. The third-order valence-electron chi connectivity index (χ3n) is 3.92. The number of carbonyl (C=O) groups excluding carboxylic acids is 2. The third kappa shape index (κ3) is 4.81. The molecule has 144 valence electrons. The molecular formula is C17H18F2N4O2S2. The van der Waals surface area contributed by atoms with E-state index in [4.69, 9.17) is 0 Å². The second-order valence-corrected chi connectivity index (χ2v) is 8.62. The van der Waals surface area contributed by atoms with Crippen molar-refractivity contribution in [3.05, 3.63) is 29.8 Å². The van der Waals surface area contributed by atoms with E-state index >= 15 is 0 Å². The van der Waals surface area contributed by atoms with E-state index in [0.717, 1.165) is 42.8 Å². The molecule has 0 saturated heterocycles. The highest BCUT2D eigenvalue weighted by molar-refractivity contribution is 8.02. The lowest BCUT2D eigenvalue weighted by Gasteiger charge is -2.17. The highest BCUT2D eigenvalue weighted by Crippen LogP contribution is 2.37. The van der Waals surface area contributed by atoms with E-state index in [1.54, 1.807) is 18.7 Å². The molecule has 0 radical (unpaired) electrons. The van der Waals surface area contributed by atoms with Crippen LogP contribution in [0.3, 0.4) is 0 Å². The Labute approximate surface area is 163 Å². The maximum absolute atomic E-state index is 13.7. The Bertz CT molecular complexity index is 857. The van der Waals surface area contributed by atoms with Crippen molar-refractivity contribution in [1.82, 2.24) is 10.2 Å². The van der Waals surface area contributed by atoms with Gasteiger partial charge in [-0.05, 0) is 31.9 Å². The fourth-order valence-corrected chi connectivity index (χ4v) is 4.42. The van der Waals surface area contributed by atoms with Crippen LogP contribution in [0.15, 0.2) is 22.5 Å². The number of hydrogen-bond donors (Lipinski definition) is 1. The summed E-state index contributed by atoms with van der Waals surface area (Å²) >= 11 is 2.39. The number of rotatable bonds is 7. The number of benzene rings is 1. The van der Waals surface area contributed by atoms with Crippen LogP contribution in [0, 0.1) is 11.6 Å². The normalized spacial score (nSPS) is 14.7. The van der Waals surface area contributed by atoms with E-state index in [1.165, 1.54) is 11.3 Å². The monoisotopic (exact) mass is 412 g/mol. The molecular weight excluding hydrogens is 394 g/mol. The van der Waals surface area contributed by atoms with Crippen molar-refractivity contribution in [2.75, 3.05) is 10.2 Å². The summed E-state index contributed by atoms with van der Waals surface area (Å²) in [5.41, 5.74) is -0.209. The van der Waals surface area contributed by atoms with Gasteiger partial charge in [-0.15, -0.1) is 10.2 Å². The predicted octanol–water partition coefficient (Wildman–Crippen LogP) is 3.84. The van der Waals surface area contributed by atoms with E-state index in [-0.39, 0.29) is 17.6 Å². The van der Waals surface area contributed by atoms with Gasteiger partial charge in [0.25, 0.3) is 0 Å². The first kappa shape index (κ1) is 19.7. The second-order valence-electron chi connectivity index (χ2n) is 6.07. The van der Waals surface area contributed by atoms with Gasteiger partial charge in [0, 0.05) is 18.5 Å². The van der Waals surface area contributed by atoms with Gasteiger partial charge in [0.05, 0.1) is 10.9 Å². The van der Waals surface area contributed by atoms with Crippen LogP contribution in [0.4, 0.5) is 19.6 Å². The molecule has 2 aromatic rings.